The van der Waals surface area contributed by atoms with Gasteiger partial charge in [0.1, 0.15) is 17.7 Å². The standard InChI is InChI=1S/C24H44N4O6/c1-16(2)18(27-21(31)34-24(7,8)9)20(30)26-15-13-11-10-12-14-25-19(29)17(3)28(22(32)33)23(4,5)6/h10-11,16-18H,12-15H2,1-9H3,(H,25,29)(H,26,30)(H,27,31)(H,32,33)/t17-,18-/m0/s1. The van der Waals surface area contributed by atoms with E-state index in [9.17, 15) is 24.3 Å². The quantitative estimate of drug-likeness (QED) is 0.262. The van der Waals surface area contributed by atoms with Gasteiger partial charge in [-0.25, -0.2) is 9.59 Å². The molecule has 0 rings (SSSR count). The number of alkyl carbamates (subject to hydrolysis) is 1. The zero-order valence-corrected chi connectivity index (χ0v) is 22.2. The monoisotopic (exact) mass is 484 g/mol. The first-order valence-electron chi connectivity index (χ1n) is 11.7. The molecule has 0 aromatic rings. The number of hydrogen-bond acceptors (Lipinski definition) is 5. The summed E-state index contributed by atoms with van der Waals surface area (Å²) in [6, 6.07) is -1.51. The van der Waals surface area contributed by atoms with Gasteiger partial charge in [0.15, 0.2) is 0 Å². The van der Waals surface area contributed by atoms with Gasteiger partial charge in [0.05, 0.1) is 0 Å². The van der Waals surface area contributed by atoms with Crippen molar-refractivity contribution in [1.29, 1.82) is 0 Å². The van der Waals surface area contributed by atoms with E-state index in [1.165, 1.54) is 0 Å². The lowest BCUT2D eigenvalue weighted by Crippen LogP contribution is -2.55. The Morgan fingerprint density at radius 2 is 1.35 bits per heavy atom. The Hall–Kier alpha value is -2.78. The second-order valence-corrected chi connectivity index (χ2v) is 10.5. The Labute approximate surface area is 203 Å². The second kappa shape index (κ2) is 13.8. The van der Waals surface area contributed by atoms with Crippen molar-refractivity contribution in [2.45, 2.75) is 98.4 Å². The van der Waals surface area contributed by atoms with Crippen LogP contribution < -0.4 is 16.0 Å². The number of amides is 4. The predicted molar refractivity (Wildman–Crippen MR) is 131 cm³/mol. The first-order valence-corrected chi connectivity index (χ1v) is 11.7. The lowest BCUT2D eigenvalue weighted by molar-refractivity contribution is -0.127. The maximum Gasteiger partial charge on any atom is 0.408 e. The summed E-state index contributed by atoms with van der Waals surface area (Å²) >= 11 is 0. The van der Waals surface area contributed by atoms with Gasteiger partial charge in [-0.1, -0.05) is 26.0 Å². The van der Waals surface area contributed by atoms with Crippen LogP contribution in [0.4, 0.5) is 9.59 Å². The van der Waals surface area contributed by atoms with E-state index in [2.05, 4.69) is 16.0 Å². The molecule has 34 heavy (non-hydrogen) atoms. The summed E-state index contributed by atoms with van der Waals surface area (Å²) in [6.07, 6.45) is 3.16. The molecule has 2 atom stereocenters. The lowest BCUT2D eigenvalue weighted by Gasteiger charge is -2.37. The fraction of sp³-hybridized carbons (Fsp3) is 0.750. The van der Waals surface area contributed by atoms with Gasteiger partial charge in [-0.05, 0) is 67.2 Å². The Balaban J connectivity index is 4.39. The number of hydrogen-bond donors (Lipinski definition) is 4. The van der Waals surface area contributed by atoms with Crippen molar-refractivity contribution in [2.24, 2.45) is 5.92 Å². The van der Waals surface area contributed by atoms with Gasteiger partial charge < -0.3 is 25.8 Å². The minimum atomic E-state index is -1.14. The van der Waals surface area contributed by atoms with Crippen LogP contribution in [0.25, 0.3) is 0 Å². The number of ether oxygens (including phenoxy) is 1. The topological polar surface area (TPSA) is 137 Å². The van der Waals surface area contributed by atoms with Crippen LogP contribution >= 0.6 is 0 Å². The lowest BCUT2D eigenvalue weighted by atomic mass is 10.0. The minimum Gasteiger partial charge on any atom is -0.465 e. The Kier molecular flexibility index (Phi) is 12.7. The van der Waals surface area contributed by atoms with Crippen molar-refractivity contribution in [3.05, 3.63) is 12.2 Å². The van der Waals surface area contributed by atoms with Crippen LogP contribution in [-0.2, 0) is 14.3 Å². The van der Waals surface area contributed by atoms with E-state index in [4.69, 9.17) is 4.74 Å². The molecule has 0 fully saturated rings. The van der Waals surface area contributed by atoms with Crippen LogP contribution in [0, 0.1) is 5.92 Å². The van der Waals surface area contributed by atoms with Gasteiger partial charge in [-0.2, -0.15) is 0 Å². The van der Waals surface area contributed by atoms with E-state index in [0.717, 1.165) is 4.90 Å². The summed E-state index contributed by atoms with van der Waals surface area (Å²) in [5.41, 5.74) is -1.34. The molecule has 0 radical (unpaired) electrons. The SMILES string of the molecule is CC(C)[C@H](NC(=O)OC(C)(C)C)C(=O)NCCC=CCCNC(=O)[C@H](C)N(C(=O)O)C(C)(C)C. The molecule has 0 saturated heterocycles. The molecular formula is C24H44N4O6. The van der Waals surface area contributed by atoms with E-state index in [1.54, 1.807) is 48.5 Å². The van der Waals surface area contributed by atoms with Crippen molar-refractivity contribution in [2.75, 3.05) is 13.1 Å². The van der Waals surface area contributed by atoms with E-state index in [-0.39, 0.29) is 17.7 Å². The van der Waals surface area contributed by atoms with Gasteiger partial charge in [0.2, 0.25) is 11.8 Å². The van der Waals surface area contributed by atoms with Crippen molar-refractivity contribution in [3.8, 4) is 0 Å². The van der Waals surface area contributed by atoms with Gasteiger partial charge in [0.25, 0.3) is 0 Å². The summed E-state index contributed by atoms with van der Waals surface area (Å²) in [4.78, 5) is 49.3. The van der Waals surface area contributed by atoms with Gasteiger partial charge >= 0.3 is 12.2 Å². The molecule has 0 aromatic heterocycles. The zero-order valence-electron chi connectivity index (χ0n) is 22.2. The van der Waals surface area contributed by atoms with Crippen LogP contribution in [-0.4, -0.2) is 70.3 Å². The third-order valence-corrected chi connectivity index (χ3v) is 4.70. The van der Waals surface area contributed by atoms with Crippen LogP contribution in [0.5, 0.6) is 0 Å². The average Bonchev–Trinajstić information content (AvgIpc) is 2.64. The molecule has 0 saturated carbocycles. The number of nitrogens with zero attached hydrogens (tertiary/aromatic N) is 1. The van der Waals surface area contributed by atoms with Crippen LogP contribution in [0.15, 0.2) is 12.2 Å². The molecular weight excluding hydrogens is 440 g/mol. The van der Waals surface area contributed by atoms with Gasteiger partial charge in [-0.15, -0.1) is 0 Å². The highest BCUT2D eigenvalue weighted by Crippen LogP contribution is 2.17. The number of rotatable bonds is 11. The van der Waals surface area contributed by atoms with Gasteiger partial charge in [0, 0.05) is 18.6 Å². The Bertz CT molecular complexity index is 722. The van der Waals surface area contributed by atoms with Crippen LogP contribution in [0.3, 0.4) is 0 Å². The molecule has 0 aliphatic heterocycles. The summed E-state index contributed by atoms with van der Waals surface area (Å²) in [6.45, 7) is 16.5. The van der Waals surface area contributed by atoms with Crippen LogP contribution in [0.2, 0.25) is 0 Å². The first kappa shape index (κ1) is 31.2. The number of carboxylic acid groups (broad SMARTS) is 1. The third kappa shape index (κ3) is 12.5. The average molecular weight is 485 g/mol. The molecule has 0 bridgehead atoms. The van der Waals surface area contributed by atoms with E-state index in [0.29, 0.717) is 25.9 Å². The Morgan fingerprint density at radius 1 is 0.882 bits per heavy atom. The fourth-order valence-electron chi connectivity index (χ4n) is 3.17. The number of carbonyl (C=O) groups is 4. The largest absolute Gasteiger partial charge is 0.465 e. The molecule has 196 valence electrons. The molecule has 10 nitrogen and oxygen atoms in total. The Morgan fingerprint density at radius 3 is 1.74 bits per heavy atom. The van der Waals surface area contributed by atoms with Crippen molar-refractivity contribution in [1.82, 2.24) is 20.9 Å². The third-order valence-electron chi connectivity index (χ3n) is 4.70. The highest BCUT2D eigenvalue weighted by molar-refractivity contribution is 5.86. The second-order valence-electron chi connectivity index (χ2n) is 10.5. The zero-order chi connectivity index (χ0) is 26.7. The number of carbonyl (C=O) groups excluding carboxylic acids is 3. The van der Waals surface area contributed by atoms with Crippen molar-refractivity contribution in [3.63, 3.8) is 0 Å². The molecule has 0 unspecified atom stereocenters. The van der Waals surface area contributed by atoms with E-state index < -0.39 is 35.4 Å². The molecule has 0 aromatic carbocycles. The van der Waals surface area contributed by atoms with Crippen molar-refractivity contribution >= 4 is 24.0 Å². The van der Waals surface area contributed by atoms with Crippen LogP contribution in [0.1, 0.15) is 75.2 Å². The molecule has 0 aliphatic rings. The first-order chi connectivity index (χ1) is 15.5. The highest BCUT2D eigenvalue weighted by Gasteiger charge is 2.34. The summed E-state index contributed by atoms with van der Waals surface area (Å²) in [5, 5.41) is 17.5. The summed E-state index contributed by atoms with van der Waals surface area (Å²) in [5.74, 6) is -0.739. The minimum absolute atomic E-state index is 0.107. The van der Waals surface area contributed by atoms with E-state index >= 15 is 0 Å². The maximum absolute atomic E-state index is 12.4. The molecule has 4 amide bonds. The summed E-state index contributed by atoms with van der Waals surface area (Å²) in [7, 11) is 0. The molecule has 0 heterocycles. The highest BCUT2D eigenvalue weighted by atomic mass is 16.6. The fourth-order valence-corrected chi connectivity index (χ4v) is 3.17. The predicted octanol–water partition coefficient (Wildman–Crippen LogP) is 3.27. The normalized spacial score (nSPS) is 13.8. The summed E-state index contributed by atoms with van der Waals surface area (Å²) < 4.78 is 5.22. The molecule has 10 heteroatoms. The van der Waals surface area contributed by atoms with Gasteiger partial charge in [-0.3, -0.25) is 14.5 Å². The van der Waals surface area contributed by atoms with E-state index in [1.807, 2.05) is 26.0 Å². The molecule has 4 N–H and O–H groups in total. The maximum atomic E-state index is 12.4. The molecule has 0 aliphatic carbocycles. The number of nitrogens with one attached hydrogen (secondary N) is 3. The smallest absolute Gasteiger partial charge is 0.408 e. The van der Waals surface area contributed by atoms with Crippen molar-refractivity contribution < 1.29 is 29.0 Å². The molecule has 0 spiro atoms.